The summed E-state index contributed by atoms with van der Waals surface area (Å²) in [7, 11) is 0. The van der Waals surface area contributed by atoms with Crippen LogP contribution in [0.4, 0.5) is 11.4 Å². The summed E-state index contributed by atoms with van der Waals surface area (Å²) in [5.41, 5.74) is 1.39. The SMILES string of the molecule is Cc1ccc(/C=C2/SC(=S)N(c3cccc(C(=O)O)c3)C2=O)cc1[N+](=O)[O-]. The molecule has 1 heterocycles. The molecule has 0 spiro atoms. The third kappa shape index (κ3) is 3.74. The molecule has 0 atom stereocenters. The van der Waals surface area contributed by atoms with E-state index in [2.05, 4.69) is 0 Å². The van der Waals surface area contributed by atoms with Crippen LogP contribution in [0.3, 0.4) is 0 Å². The lowest BCUT2D eigenvalue weighted by Gasteiger charge is -2.14. The highest BCUT2D eigenvalue weighted by molar-refractivity contribution is 8.27. The fourth-order valence-corrected chi connectivity index (χ4v) is 3.83. The van der Waals surface area contributed by atoms with E-state index in [1.165, 1.54) is 35.2 Å². The zero-order valence-corrected chi connectivity index (χ0v) is 15.5. The summed E-state index contributed by atoms with van der Waals surface area (Å²) in [6.07, 6.45) is 1.53. The topological polar surface area (TPSA) is 101 Å². The zero-order chi connectivity index (χ0) is 19.7. The summed E-state index contributed by atoms with van der Waals surface area (Å²) in [6, 6.07) is 10.6. The quantitative estimate of drug-likeness (QED) is 0.358. The molecule has 0 aliphatic carbocycles. The smallest absolute Gasteiger partial charge is 0.335 e. The lowest BCUT2D eigenvalue weighted by molar-refractivity contribution is -0.385. The van der Waals surface area contributed by atoms with Crippen LogP contribution in [0, 0.1) is 17.0 Å². The number of rotatable bonds is 4. The number of nitro groups is 1. The molecule has 0 saturated carbocycles. The van der Waals surface area contributed by atoms with Crippen LogP contribution in [0.15, 0.2) is 47.4 Å². The summed E-state index contributed by atoms with van der Waals surface area (Å²) in [6.45, 7) is 1.64. The Morgan fingerprint density at radius 1 is 1.30 bits per heavy atom. The number of aromatic carboxylic acids is 1. The number of carbonyl (C=O) groups is 2. The fourth-order valence-electron chi connectivity index (χ4n) is 2.53. The molecular formula is C18H12N2O5S2. The molecule has 0 aromatic heterocycles. The number of carboxylic acids is 1. The molecule has 2 aromatic carbocycles. The number of nitrogens with zero attached hydrogens (tertiary/aromatic N) is 2. The van der Waals surface area contributed by atoms with Gasteiger partial charge in [0, 0.05) is 11.6 Å². The Hall–Kier alpha value is -3.04. The number of carbonyl (C=O) groups excluding carboxylic acids is 1. The molecule has 1 amide bonds. The van der Waals surface area contributed by atoms with Crippen LogP contribution in [-0.4, -0.2) is 26.2 Å². The molecule has 1 N–H and O–H groups in total. The molecule has 7 nitrogen and oxygen atoms in total. The van der Waals surface area contributed by atoms with Crippen LogP contribution in [0.25, 0.3) is 6.08 Å². The van der Waals surface area contributed by atoms with E-state index in [-0.39, 0.29) is 15.6 Å². The van der Waals surface area contributed by atoms with E-state index in [0.717, 1.165) is 11.8 Å². The van der Waals surface area contributed by atoms with Gasteiger partial charge in [-0.15, -0.1) is 0 Å². The summed E-state index contributed by atoms with van der Waals surface area (Å²) in [4.78, 5) is 36.1. The third-order valence-electron chi connectivity index (χ3n) is 3.87. The average Bonchev–Trinajstić information content (AvgIpc) is 2.90. The maximum atomic E-state index is 12.8. The van der Waals surface area contributed by atoms with Gasteiger partial charge >= 0.3 is 5.97 Å². The first-order valence-corrected chi connectivity index (χ1v) is 8.87. The van der Waals surface area contributed by atoms with Crippen LogP contribution in [-0.2, 0) is 4.79 Å². The van der Waals surface area contributed by atoms with Crippen molar-refractivity contribution in [2.24, 2.45) is 0 Å². The standard InChI is InChI=1S/C18H12N2O5S2/c1-10-5-6-11(7-14(10)20(24)25)8-15-16(21)19(18(26)27-15)13-4-2-3-12(9-13)17(22)23/h2-9H,1H3,(H,22,23)/b15-8+. The maximum Gasteiger partial charge on any atom is 0.335 e. The van der Waals surface area contributed by atoms with Gasteiger partial charge in [0.1, 0.15) is 0 Å². The molecule has 0 bridgehead atoms. The Labute approximate surface area is 163 Å². The molecule has 27 heavy (non-hydrogen) atoms. The first-order valence-electron chi connectivity index (χ1n) is 7.64. The molecule has 1 aliphatic heterocycles. The number of anilines is 1. The van der Waals surface area contributed by atoms with Gasteiger partial charge in [0.05, 0.1) is 21.1 Å². The van der Waals surface area contributed by atoms with Gasteiger partial charge in [-0.05, 0) is 36.8 Å². The predicted molar refractivity (Wildman–Crippen MR) is 107 cm³/mol. The molecule has 1 fully saturated rings. The minimum absolute atomic E-state index is 0.0339. The van der Waals surface area contributed by atoms with Crippen LogP contribution < -0.4 is 4.90 Å². The van der Waals surface area contributed by atoms with E-state index in [1.807, 2.05) is 0 Å². The van der Waals surface area contributed by atoms with Crippen LogP contribution in [0.1, 0.15) is 21.5 Å². The van der Waals surface area contributed by atoms with Gasteiger partial charge in [0.15, 0.2) is 4.32 Å². The molecule has 0 radical (unpaired) electrons. The number of benzene rings is 2. The number of hydrogen-bond acceptors (Lipinski definition) is 6. The molecule has 0 unspecified atom stereocenters. The van der Waals surface area contributed by atoms with E-state index >= 15 is 0 Å². The zero-order valence-electron chi connectivity index (χ0n) is 13.9. The number of carboxylic acid groups (broad SMARTS) is 1. The van der Waals surface area contributed by atoms with Crippen molar-refractivity contribution in [2.45, 2.75) is 6.92 Å². The Balaban J connectivity index is 1.96. The summed E-state index contributed by atoms with van der Waals surface area (Å²) in [5.74, 6) is -1.51. The number of thiocarbonyl (C=S) groups is 1. The highest BCUT2D eigenvalue weighted by Crippen LogP contribution is 2.36. The Morgan fingerprint density at radius 2 is 2.04 bits per heavy atom. The van der Waals surface area contributed by atoms with Crippen molar-refractivity contribution in [2.75, 3.05) is 4.90 Å². The fraction of sp³-hybridized carbons (Fsp3) is 0.0556. The van der Waals surface area contributed by atoms with Gasteiger partial charge in [-0.2, -0.15) is 0 Å². The number of hydrogen-bond donors (Lipinski definition) is 1. The second kappa shape index (κ2) is 7.29. The molecule has 136 valence electrons. The van der Waals surface area contributed by atoms with Gasteiger partial charge in [-0.3, -0.25) is 19.8 Å². The van der Waals surface area contributed by atoms with Gasteiger partial charge < -0.3 is 5.11 Å². The summed E-state index contributed by atoms with van der Waals surface area (Å²) < 4.78 is 0.260. The van der Waals surface area contributed by atoms with Gasteiger partial charge in [-0.25, -0.2) is 4.79 Å². The summed E-state index contributed by atoms with van der Waals surface area (Å²) >= 11 is 6.32. The third-order valence-corrected chi connectivity index (χ3v) is 5.17. The monoisotopic (exact) mass is 400 g/mol. The van der Waals surface area contributed by atoms with Crippen LogP contribution in [0.5, 0.6) is 0 Å². The predicted octanol–water partition coefficient (Wildman–Crippen LogP) is 4.01. The largest absolute Gasteiger partial charge is 0.478 e. The second-order valence-corrected chi connectivity index (χ2v) is 7.35. The van der Waals surface area contributed by atoms with Crippen molar-refractivity contribution < 1.29 is 19.6 Å². The van der Waals surface area contributed by atoms with Gasteiger partial charge in [0.25, 0.3) is 11.6 Å². The van der Waals surface area contributed by atoms with Crippen LogP contribution in [0.2, 0.25) is 0 Å². The minimum atomic E-state index is -1.11. The number of thioether (sulfide) groups is 1. The Morgan fingerprint density at radius 3 is 2.70 bits per heavy atom. The molecule has 3 rings (SSSR count). The van der Waals surface area contributed by atoms with Gasteiger partial charge in [-0.1, -0.05) is 42.2 Å². The van der Waals surface area contributed by atoms with Crippen LogP contribution >= 0.6 is 24.0 Å². The molecule has 1 saturated heterocycles. The number of nitro benzene ring substituents is 1. The minimum Gasteiger partial charge on any atom is -0.478 e. The van der Waals surface area contributed by atoms with E-state index in [9.17, 15) is 19.7 Å². The average molecular weight is 400 g/mol. The van der Waals surface area contributed by atoms with Gasteiger partial charge in [0.2, 0.25) is 0 Å². The Bertz CT molecular complexity index is 1030. The van der Waals surface area contributed by atoms with Crippen molar-refractivity contribution in [1.29, 1.82) is 0 Å². The van der Waals surface area contributed by atoms with Crippen molar-refractivity contribution in [3.63, 3.8) is 0 Å². The van der Waals surface area contributed by atoms with Crippen molar-refractivity contribution in [3.05, 3.63) is 74.2 Å². The van der Waals surface area contributed by atoms with E-state index in [4.69, 9.17) is 17.3 Å². The summed E-state index contributed by atoms with van der Waals surface area (Å²) in [5, 5.41) is 20.2. The van der Waals surface area contributed by atoms with E-state index in [0.29, 0.717) is 21.7 Å². The number of amides is 1. The molecule has 1 aliphatic rings. The second-order valence-electron chi connectivity index (χ2n) is 5.68. The first-order chi connectivity index (χ1) is 12.8. The lowest BCUT2D eigenvalue weighted by atomic mass is 10.1. The van der Waals surface area contributed by atoms with Crippen molar-refractivity contribution >= 4 is 57.6 Å². The molecule has 9 heteroatoms. The first kappa shape index (κ1) is 18.7. The lowest BCUT2D eigenvalue weighted by Crippen LogP contribution is -2.27. The molecule has 2 aromatic rings. The maximum absolute atomic E-state index is 12.8. The number of aryl methyl sites for hydroxylation is 1. The van der Waals surface area contributed by atoms with Crippen molar-refractivity contribution in [1.82, 2.24) is 0 Å². The van der Waals surface area contributed by atoms with Crippen molar-refractivity contribution in [3.8, 4) is 0 Å². The Kier molecular flexibility index (Phi) is 5.06. The molecular weight excluding hydrogens is 388 g/mol. The highest BCUT2D eigenvalue weighted by atomic mass is 32.2. The van der Waals surface area contributed by atoms with E-state index in [1.54, 1.807) is 25.1 Å². The normalized spacial score (nSPS) is 15.4. The highest BCUT2D eigenvalue weighted by Gasteiger charge is 2.33. The van der Waals surface area contributed by atoms with E-state index < -0.39 is 16.8 Å².